The summed E-state index contributed by atoms with van der Waals surface area (Å²) in [7, 11) is 0. The van der Waals surface area contributed by atoms with E-state index in [1.807, 2.05) is 47.3 Å². The molecule has 0 saturated heterocycles. The van der Waals surface area contributed by atoms with Gasteiger partial charge in [0.25, 0.3) is 0 Å². The Morgan fingerprint density at radius 3 is 2.41 bits per heavy atom. The third kappa shape index (κ3) is 3.67. The van der Waals surface area contributed by atoms with Crippen LogP contribution in [0.5, 0.6) is 0 Å². The molecule has 3 aromatic rings. The lowest BCUT2D eigenvalue weighted by Crippen LogP contribution is -3.00. The summed E-state index contributed by atoms with van der Waals surface area (Å²) in [5.74, 6) is -0.00570. The van der Waals surface area contributed by atoms with Crippen molar-refractivity contribution >= 4 is 39.8 Å². The zero-order valence-corrected chi connectivity index (χ0v) is 14.6. The molecule has 3 rings (SSSR count). The molecule has 1 heterocycles. The van der Waals surface area contributed by atoms with Crippen LogP contribution in [0.1, 0.15) is 10.4 Å². The monoisotopic (exact) mass is 395 g/mol. The second-order valence-electron chi connectivity index (χ2n) is 4.80. The number of nitrogens with zero attached hydrogens (tertiary/aromatic N) is 1. The van der Waals surface area contributed by atoms with E-state index in [4.69, 9.17) is 23.2 Å². The van der Waals surface area contributed by atoms with Crippen molar-refractivity contribution in [2.24, 2.45) is 0 Å². The molecule has 0 N–H and O–H groups in total. The number of hydrogen-bond donors (Lipinski definition) is 0. The van der Waals surface area contributed by atoms with Crippen molar-refractivity contribution in [3.8, 4) is 0 Å². The Bertz CT molecular complexity index is 836. The van der Waals surface area contributed by atoms with Crippen molar-refractivity contribution in [2.75, 3.05) is 0 Å². The predicted octanol–water partition coefficient (Wildman–Crippen LogP) is 1.32. The smallest absolute Gasteiger partial charge is 0.227 e. The van der Waals surface area contributed by atoms with Crippen LogP contribution in [0.15, 0.2) is 60.9 Å². The average molecular weight is 397 g/mol. The first-order valence-electron chi connectivity index (χ1n) is 6.49. The number of halogens is 3. The van der Waals surface area contributed by atoms with Gasteiger partial charge in [-0.3, -0.25) is 4.79 Å². The van der Waals surface area contributed by atoms with Gasteiger partial charge in [0.15, 0.2) is 12.4 Å². The van der Waals surface area contributed by atoms with Crippen LogP contribution in [-0.4, -0.2) is 5.78 Å². The molecule has 2 aromatic carbocycles. The minimum Gasteiger partial charge on any atom is -1.00 e. The van der Waals surface area contributed by atoms with E-state index in [9.17, 15) is 4.79 Å². The zero-order valence-electron chi connectivity index (χ0n) is 11.5. The molecule has 0 amide bonds. The van der Waals surface area contributed by atoms with Gasteiger partial charge in [-0.05, 0) is 29.7 Å². The number of ketones is 1. The topological polar surface area (TPSA) is 20.9 Å². The van der Waals surface area contributed by atoms with Crippen LogP contribution >= 0.6 is 23.2 Å². The SMILES string of the molecule is O=C(C[n+]1ccc2ccccc2c1)c1ccc(Cl)c(Cl)c1.[Br-]. The summed E-state index contributed by atoms with van der Waals surface area (Å²) >= 11 is 11.8. The highest BCUT2D eigenvalue weighted by Crippen LogP contribution is 2.22. The minimum absolute atomic E-state index is 0. The Morgan fingerprint density at radius 1 is 0.955 bits per heavy atom. The fourth-order valence-corrected chi connectivity index (χ4v) is 2.50. The van der Waals surface area contributed by atoms with E-state index in [2.05, 4.69) is 0 Å². The number of carbonyl (C=O) groups excluding carboxylic acids is 1. The van der Waals surface area contributed by atoms with Crippen LogP contribution in [-0.2, 0) is 6.54 Å². The van der Waals surface area contributed by atoms with Gasteiger partial charge in [0.1, 0.15) is 0 Å². The molecule has 0 saturated carbocycles. The van der Waals surface area contributed by atoms with E-state index in [1.165, 1.54) is 0 Å². The molecule has 5 heteroatoms. The molecule has 0 spiro atoms. The largest absolute Gasteiger partial charge is 1.00 e. The number of rotatable bonds is 3. The Hall–Kier alpha value is -1.42. The number of pyridine rings is 1. The van der Waals surface area contributed by atoms with E-state index in [-0.39, 0.29) is 29.3 Å². The fourth-order valence-electron chi connectivity index (χ4n) is 2.20. The van der Waals surface area contributed by atoms with Gasteiger partial charge >= 0.3 is 0 Å². The van der Waals surface area contributed by atoms with E-state index in [0.29, 0.717) is 15.6 Å². The van der Waals surface area contributed by atoms with Crippen molar-refractivity contribution in [1.82, 2.24) is 0 Å². The summed E-state index contributed by atoms with van der Waals surface area (Å²) in [6.07, 6.45) is 3.86. The highest BCUT2D eigenvalue weighted by Gasteiger charge is 2.13. The lowest BCUT2D eigenvalue weighted by Gasteiger charge is -2.01. The quantitative estimate of drug-likeness (QED) is 0.483. The van der Waals surface area contributed by atoms with Crippen LogP contribution in [0, 0.1) is 0 Å². The Kier molecular flexibility index (Phi) is 5.57. The van der Waals surface area contributed by atoms with Gasteiger partial charge in [0.2, 0.25) is 12.3 Å². The normalized spacial score (nSPS) is 10.3. The predicted molar refractivity (Wildman–Crippen MR) is 84.9 cm³/mol. The number of aromatic nitrogens is 1. The maximum Gasteiger partial charge on any atom is 0.227 e. The Morgan fingerprint density at radius 2 is 1.68 bits per heavy atom. The molecular formula is C17H12BrCl2NO. The number of benzene rings is 2. The molecule has 0 aliphatic carbocycles. The summed E-state index contributed by atoms with van der Waals surface area (Å²) in [6, 6.07) is 15.0. The second kappa shape index (κ2) is 7.23. The summed E-state index contributed by atoms with van der Waals surface area (Å²) in [5, 5.41) is 3.09. The second-order valence-corrected chi connectivity index (χ2v) is 5.61. The zero-order chi connectivity index (χ0) is 14.8. The van der Waals surface area contributed by atoms with Crippen LogP contribution in [0.25, 0.3) is 10.8 Å². The molecule has 112 valence electrons. The summed E-state index contributed by atoms with van der Waals surface area (Å²) in [6.45, 7) is 0.267. The van der Waals surface area contributed by atoms with Gasteiger partial charge in [-0.15, -0.1) is 0 Å². The Labute approximate surface area is 149 Å². The fraction of sp³-hybridized carbons (Fsp3) is 0.0588. The molecule has 0 fully saturated rings. The molecule has 0 radical (unpaired) electrons. The maximum atomic E-state index is 12.3. The third-order valence-corrected chi connectivity index (χ3v) is 4.05. The molecule has 0 aliphatic rings. The van der Waals surface area contributed by atoms with Crippen molar-refractivity contribution in [3.63, 3.8) is 0 Å². The Balaban J connectivity index is 0.00000176. The van der Waals surface area contributed by atoms with Crippen LogP contribution in [0.4, 0.5) is 0 Å². The summed E-state index contributed by atoms with van der Waals surface area (Å²) < 4.78 is 1.87. The van der Waals surface area contributed by atoms with E-state index in [1.54, 1.807) is 18.2 Å². The van der Waals surface area contributed by atoms with E-state index in [0.717, 1.165) is 10.8 Å². The van der Waals surface area contributed by atoms with Crippen molar-refractivity contribution in [3.05, 3.63) is 76.5 Å². The minimum atomic E-state index is -0.00570. The molecular weight excluding hydrogens is 385 g/mol. The molecule has 0 aliphatic heterocycles. The molecule has 0 atom stereocenters. The number of carbonyl (C=O) groups is 1. The van der Waals surface area contributed by atoms with Crippen LogP contribution in [0.3, 0.4) is 0 Å². The van der Waals surface area contributed by atoms with E-state index < -0.39 is 0 Å². The maximum absolute atomic E-state index is 12.3. The first-order valence-corrected chi connectivity index (χ1v) is 7.25. The first-order chi connectivity index (χ1) is 10.1. The van der Waals surface area contributed by atoms with Crippen LogP contribution < -0.4 is 21.5 Å². The average Bonchev–Trinajstić information content (AvgIpc) is 2.50. The van der Waals surface area contributed by atoms with Crippen molar-refractivity contribution < 1.29 is 26.3 Å². The first kappa shape index (κ1) is 16.9. The van der Waals surface area contributed by atoms with Crippen molar-refractivity contribution in [2.45, 2.75) is 6.54 Å². The molecule has 1 aromatic heterocycles. The lowest BCUT2D eigenvalue weighted by atomic mass is 10.1. The summed E-state index contributed by atoms with van der Waals surface area (Å²) in [5.41, 5.74) is 0.560. The molecule has 22 heavy (non-hydrogen) atoms. The van der Waals surface area contributed by atoms with Gasteiger partial charge in [-0.2, -0.15) is 4.57 Å². The molecule has 2 nitrogen and oxygen atoms in total. The lowest BCUT2D eigenvalue weighted by molar-refractivity contribution is -0.681. The third-order valence-electron chi connectivity index (χ3n) is 3.31. The van der Waals surface area contributed by atoms with Crippen molar-refractivity contribution in [1.29, 1.82) is 0 Å². The van der Waals surface area contributed by atoms with Gasteiger partial charge in [0.05, 0.1) is 10.0 Å². The van der Waals surface area contributed by atoms with Gasteiger partial charge < -0.3 is 17.0 Å². The van der Waals surface area contributed by atoms with E-state index >= 15 is 0 Å². The molecule has 0 unspecified atom stereocenters. The standard InChI is InChI=1S/C17H12Cl2NO.BrH/c18-15-6-5-13(9-16(15)19)17(21)11-20-8-7-12-3-1-2-4-14(12)10-20;/h1-10H,11H2;1H/q+1;/p-1. The number of Topliss-reactive ketones (excluding diaryl/α,β-unsaturated/α-hetero) is 1. The molecule has 0 bridgehead atoms. The highest BCUT2D eigenvalue weighted by molar-refractivity contribution is 6.42. The van der Waals surface area contributed by atoms with Gasteiger partial charge in [0, 0.05) is 17.0 Å². The van der Waals surface area contributed by atoms with Crippen LogP contribution in [0.2, 0.25) is 10.0 Å². The number of fused-ring (bicyclic) bond motifs is 1. The highest BCUT2D eigenvalue weighted by atomic mass is 79.9. The summed E-state index contributed by atoms with van der Waals surface area (Å²) in [4.78, 5) is 12.3. The van der Waals surface area contributed by atoms with Gasteiger partial charge in [-0.25, -0.2) is 0 Å². The van der Waals surface area contributed by atoms with Gasteiger partial charge in [-0.1, -0.05) is 41.4 Å². The number of hydrogen-bond acceptors (Lipinski definition) is 1.